The third kappa shape index (κ3) is 5.38. The van der Waals surface area contributed by atoms with Crippen molar-refractivity contribution in [1.82, 2.24) is 5.32 Å². The van der Waals surface area contributed by atoms with Crippen LogP contribution in [0.5, 0.6) is 11.5 Å². The van der Waals surface area contributed by atoms with Crippen molar-refractivity contribution < 1.29 is 14.3 Å². The predicted octanol–water partition coefficient (Wildman–Crippen LogP) is 4.07. The minimum atomic E-state index is -0.293. The van der Waals surface area contributed by atoms with Crippen molar-refractivity contribution >= 4 is 33.4 Å². The summed E-state index contributed by atoms with van der Waals surface area (Å²) in [4.78, 5) is 12.0. The third-order valence-corrected chi connectivity index (χ3v) is 4.18. The number of nitrogens with zero attached hydrogens (tertiary/aromatic N) is 1. The molecule has 2 aromatic carbocycles. The van der Waals surface area contributed by atoms with Crippen LogP contribution in [0.25, 0.3) is 0 Å². The Balaban J connectivity index is 1.99. The molecule has 0 bridgehead atoms. The van der Waals surface area contributed by atoms with Gasteiger partial charge in [0.1, 0.15) is 0 Å². The zero-order valence-corrected chi connectivity index (χ0v) is 15.9. The van der Waals surface area contributed by atoms with E-state index in [0.29, 0.717) is 39.7 Å². The Morgan fingerprint density at radius 2 is 2.08 bits per heavy atom. The minimum Gasteiger partial charge on any atom is -0.490 e. The van der Waals surface area contributed by atoms with E-state index in [9.17, 15) is 4.79 Å². The molecule has 1 amide bonds. The second-order valence-corrected chi connectivity index (χ2v) is 6.25. The topological polar surface area (TPSA) is 71.3 Å². The van der Waals surface area contributed by atoms with Gasteiger partial charge in [-0.05, 0) is 40.5 Å². The fourth-order valence-corrected chi connectivity index (χ4v) is 2.82. The van der Waals surface area contributed by atoms with Gasteiger partial charge in [0, 0.05) is 17.6 Å². The van der Waals surface area contributed by atoms with Crippen molar-refractivity contribution in [2.75, 3.05) is 13.2 Å². The third-order valence-electron chi connectivity index (χ3n) is 3.22. The first kappa shape index (κ1) is 19.1. The van der Waals surface area contributed by atoms with Gasteiger partial charge >= 0.3 is 0 Å². The molecule has 2 rings (SSSR count). The summed E-state index contributed by atoms with van der Waals surface area (Å²) in [5, 5.41) is 12.4. The number of ether oxygens (including phenoxy) is 2. The van der Waals surface area contributed by atoms with E-state index in [1.807, 2.05) is 31.2 Å². The first-order chi connectivity index (χ1) is 12.0. The van der Waals surface area contributed by atoms with E-state index < -0.39 is 0 Å². The molecular formula is C18H16BrClN2O3. The zero-order chi connectivity index (χ0) is 18.2. The van der Waals surface area contributed by atoms with Crippen LogP contribution < -0.4 is 14.8 Å². The van der Waals surface area contributed by atoms with Crippen LogP contribution >= 0.6 is 27.5 Å². The maximum Gasteiger partial charge on any atom is 0.258 e. The lowest BCUT2D eigenvalue weighted by molar-refractivity contribution is -0.123. The van der Waals surface area contributed by atoms with E-state index in [-0.39, 0.29) is 12.5 Å². The summed E-state index contributed by atoms with van der Waals surface area (Å²) in [6, 6.07) is 12.5. The van der Waals surface area contributed by atoms with Crippen LogP contribution in [-0.2, 0) is 11.3 Å². The number of benzene rings is 2. The Labute approximate surface area is 159 Å². The van der Waals surface area contributed by atoms with Gasteiger partial charge in [0.05, 0.1) is 22.7 Å². The molecular weight excluding hydrogens is 408 g/mol. The Morgan fingerprint density at radius 1 is 1.32 bits per heavy atom. The fourth-order valence-electron chi connectivity index (χ4n) is 2.06. The van der Waals surface area contributed by atoms with Crippen LogP contribution in [0.2, 0.25) is 5.02 Å². The molecule has 0 aliphatic carbocycles. The average molecular weight is 424 g/mol. The van der Waals surface area contributed by atoms with Gasteiger partial charge in [0.25, 0.3) is 5.91 Å². The zero-order valence-electron chi connectivity index (χ0n) is 13.5. The lowest BCUT2D eigenvalue weighted by atomic mass is 10.2. The highest BCUT2D eigenvalue weighted by Gasteiger charge is 2.14. The fraction of sp³-hybridized carbons (Fsp3) is 0.222. The van der Waals surface area contributed by atoms with Gasteiger partial charge in [-0.3, -0.25) is 4.79 Å². The van der Waals surface area contributed by atoms with Gasteiger partial charge < -0.3 is 14.8 Å². The normalized spacial score (nSPS) is 10.0. The van der Waals surface area contributed by atoms with E-state index in [1.54, 1.807) is 18.2 Å². The molecule has 0 aromatic heterocycles. The molecule has 130 valence electrons. The van der Waals surface area contributed by atoms with Crippen LogP contribution in [0, 0.1) is 11.3 Å². The molecule has 0 heterocycles. The van der Waals surface area contributed by atoms with Gasteiger partial charge in [0.2, 0.25) is 0 Å². The van der Waals surface area contributed by atoms with Crippen LogP contribution in [0.3, 0.4) is 0 Å². The standard InChI is InChI=1S/C18H16BrClN2O3/c1-2-24-16-8-12(9-21)7-14(19)18(16)25-11-17(23)22-10-13-5-3-4-6-15(13)20/h3-8H,2,10-11H2,1H3,(H,22,23). The van der Waals surface area contributed by atoms with Crippen LogP contribution in [0.15, 0.2) is 40.9 Å². The first-order valence-electron chi connectivity index (χ1n) is 7.54. The summed E-state index contributed by atoms with van der Waals surface area (Å²) in [5.41, 5.74) is 1.26. The quantitative estimate of drug-likeness (QED) is 0.729. The van der Waals surface area contributed by atoms with Gasteiger partial charge in [0.15, 0.2) is 18.1 Å². The maximum atomic E-state index is 12.0. The lowest BCUT2D eigenvalue weighted by Gasteiger charge is -2.14. The highest BCUT2D eigenvalue weighted by molar-refractivity contribution is 9.10. The molecule has 1 N–H and O–H groups in total. The summed E-state index contributed by atoms with van der Waals surface area (Å²) in [6.45, 7) is 2.37. The molecule has 0 spiro atoms. The summed E-state index contributed by atoms with van der Waals surface area (Å²) in [5.74, 6) is 0.500. The Hall–Kier alpha value is -2.23. The number of nitrogens with one attached hydrogen (secondary N) is 1. The second kappa shape index (κ2) is 9.30. The van der Waals surface area contributed by atoms with Crippen molar-refractivity contribution in [1.29, 1.82) is 5.26 Å². The predicted molar refractivity (Wildman–Crippen MR) is 98.8 cm³/mol. The minimum absolute atomic E-state index is 0.185. The van der Waals surface area contributed by atoms with Gasteiger partial charge in [-0.1, -0.05) is 29.8 Å². The van der Waals surface area contributed by atoms with Crippen molar-refractivity contribution in [2.45, 2.75) is 13.5 Å². The van der Waals surface area contributed by atoms with Crippen molar-refractivity contribution in [3.8, 4) is 17.6 Å². The van der Waals surface area contributed by atoms with Gasteiger partial charge in [-0.2, -0.15) is 5.26 Å². The number of hydrogen-bond donors (Lipinski definition) is 1. The number of carbonyl (C=O) groups is 1. The van der Waals surface area contributed by atoms with E-state index >= 15 is 0 Å². The molecule has 0 saturated carbocycles. The second-order valence-electron chi connectivity index (χ2n) is 4.99. The first-order valence-corrected chi connectivity index (χ1v) is 8.71. The molecule has 0 radical (unpaired) electrons. The molecule has 0 atom stereocenters. The van der Waals surface area contributed by atoms with Crippen LogP contribution in [0.4, 0.5) is 0 Å². The van der Waals surface area contributed by atoms with Crippen molar-refractivity contribution in [3.05, 3.63) is 57.0 Å². The maximum absolute atomic E-state index is 12.0. The number of nitriles is 1. The van der Waals surface area contributed by atoms with E-state index in [1.165, 1.54) is 0 Å². The molecule has 25 heavy (non-hydrogen) atoms. The molecule has 0 fully saturated rings. The number of amides is 1. The Kier molecular flexibility index (Phi) is 7.11. The highest BCUT2D eigenvalue weighted by Crippen LogP contribution is 2.36. The average Bonchev–Trinajstić information content (AvgIpc) is 2.60. The molecule has 7 heteroatoms. The van der Waals surface area contributed by atoms with Gasteiger partial charge in [-0.15, -0.1) is 0 Å². The van der Waals surface area contributed by atoms with Crippen LogP contribution in [0.1, 0.15) is 18.1 Å². The summed E-state index contributed by atoms with van der Waals surface area (Å²) in [7, 11) is 0. The molecule has 0 aliphatic heterocycles. The summed E-state index contributed by atoms with van der Waals surface area (Å²) >= 11 is 9.39. The molecule has 0 aliphatic rings. The van der Waals surface area contributed by atoms with Crippen molar-refractivity contribution in [3.63, 3.8) is 0 Å². The van der Waals surface area contributed by atoms with E-state index in [0.717, 1.165) is 5.56 Å². The molecule has 2 aromatic rings. The summed E-state index contributed by atoms with van der Waals surface area (Å²) < 4.78 is 11.6. The number of rotatable bonds is 7. The molecule has 0 saturated heterocycles. The SMILES string of the molecule is CCOc1cc(C#N)cc(Br)c1OCC(=O)NCc1ccccc1Cl. The number of carbonyl (C=O) groups excluding carboxylic acids is 1. The smallest absolute Gasteiger partial charge is 0.258 e. The highest BCUT2D eigenvalue weighted by atomic mass is 79.9. The Bertz CT molecular complexity index is 805. The molecule has 5 nitrogen and oxygen atoms in total. The summed E-state index contributed by atoms with van der Waals surface area (Å²) in [6.07, 6.45) is 0. The van der Waals surface area contributed by atoms with Crippen molar-refractivity contribution in [2.24, 2.45) is 0 Å². The number of hydrogen-bond acceptors (Lipinski definition) is 4. The Morgan fingerprint density at radius 3 is 2.76 bits per heavy atom. The largest absolute Gasteiger partial charge is 0.490 e. The van der Waals surface area contributed by atoms with E-state index in [2.05, 4.69) is 21.2 Å². The lowest BCUT2D eigenvalue weighted by Crippen LogP contribution is -2.28. The molecule has 0 unspecified atom stereocenters. The van der Waals surface area contributed by atoms with E-state index in [4.69, 9.17) is 26.3 Å². The van der Waals surface area contributed by atoms with Gasteiger partial charge in [-0.25, -0.2) is 0 Å². The van der Waals surface area contributed by atoms with Crippen LogP contribution in [-0.4, -0.2) is 19.1 Å². The number of halogens is 2. The monoisotopic (exact) mass is 422 g/mol.